The number of aromatic nitrogens is 2. The molecule has 2 aromatic rings. The van der Waals surface area contributed by atoms with Crippen LogP contribution in [-0.2, 0) is 11.2 Å². The molecular weight excluding hydrogens is 314 g/mol. The summed E-state index contributed by atoms with van der Waals surface area (Å²) in [5, 5.41) is 19.7. The van der Waals surface area contributed by atoms with Gasteiger partial charge in [0.1, 0.15) is 6.07 Å². The van der Waals surface area contributed by atoms with Gasteiger partial charge in [-0.05, 0) is 38.8 Å². The number of para-hydroxylation sites is 1. The molecule has 130 valence electrons. The van der Waals surface area contributed by atoms with Crippen LogP contribution >= 0.6 is 0 Å². The van der Waals surface area contributed by atoms with Crippen molar-refractivity contribution in [2.45, 2.75) is 39.2 Å². The molecule has 6 nitrogen and oxygen atoms in total. The predicted molar refractivity (Wildman–Crippen MR) is 96.1 cm³/mol. The second-order valence-corrected chi connectivity index (χ2v) is 6.55. The maximum atomic E-state index is 12.6. The lowest BCUT2D eigenvalue weighted by Crippen LogP contribution is -2.43. The maximum Gasteiger partial charge on any atom is 0.227 e. The molecule has 0 spiro atoms. The molecule has 6 heteroatoms. The molecule has 1 aromatic carbocycles. The molecule has 0 unspecified atom stereocenters. The Morgan fingerprint density at radius 1 is 1.36 bits per heavy atom. The monoisotopic (exact) mass is 337 g/mol. The second-order valence-electron chi connectivity index (χ2n) is 6.55. The zero-order valence-electron chi connectivity index (χ0n) is 14.7. The van der Waals surface area contributed by atoms with Crippen LogP contribution in [0.4, 0.5) is 5.69 Å². The van der Waals surface area contributed by atoms with Crippen LogP contribution in [0.1, 0.15) is 35.4 Å². The molecule has 1 aromatic heterocycles. The number of aryl methyl sites for hydroxylation is 2. The van der Waals surface area contributed by atoms with E-state index in [9.17, 15) is 10.1 Å². The summed E-state index contributed by atoms with van der Waals surface area (Å²) in [7, 11) is 0. The number of carbonyl (C=O) groups is 1. The first-order valence-electron chi connectivity index (χ1n) is 8.62. The quantitative estimate of drug-likeness (QED) is 0.898. The minimum Gasteiger partial charge on any atom is -0.381 e. The summed E-state index contributed by atoms with van der Waals surface area (Å²) in [5.74, 6) is 0.156. The third-order valence-electron chi connectivity index (χ3n) is 4.86. The van der Waals surface area contributed by atoms with Crippen LogP contribution in [0.25, 0.3) is 0 Å². The first kappa shape index (κ1) is 17.0. The van der Waals surface area contributed by atoms with Crippen molar-refractivity contribution in [2.75, 3.05) is 18.4 Å². The molecule has 1 saturated heterocycles. The average molecular weight is 337 g/mol. The molecule has 3 rings (SSSR count). The number of carbonyl (C=O) groups excluding carboxylic acids is 1. The molecule has 2 heterocycles. The highest BCUT2D eigenvalue weighted by atomic mass is 16.2. The zero-order chi connectivity index (χ0) is 17.8. The van der Waals surface area contributed by atoms with Gasteiger partial charge in [-0.25, -0.2) is 0 Å². The number of H-pyrrole nitrogens is 1. The fourth-order valence-electron chi connectivity index (χ4n) is 3.30. The molecule has 1 aliphatic heterocycles. The largest absolute Gasteiger partial charge is 0.381 e. The highest BCUT2D eigenvalue weighted by Crippen LogP contribution is 2.21. The number of nitrogens with zero attached hydrogens (tertiary/aromatic N) is 3. The van der Waals surface area contributed by atoms with E-state index in [0.717, 1.165) is 48.6 Å². The number of hydrogen-bond acceptors (Lipinski definition) is 4. The normalized spacial score (nSPS) is 15.0. The van der Waals surface area contributed by atoms with Crippen molar-refractivity contribution in [1.29, 1.82) is 5.26 Å². The first-order valence-corrected chi connectivity index (χ1v) is 8.62. The molecule has 1 aliphatic rings. The first-order chi connectivity index (χ1) is 12.1. The van der Waals surface area contributed by atoms with Crippen molar-refractivity contribution in [1.82, 2.24) is 15.1 Å². The highest BCUT2D eigenvalue weighted by molar-refractivity contribution is 5.79. The van der Waals surface area contributed by atoms with Crippen molar-refractivity contribution in [3.8, 4) is 6.07 Å². The van der Waals surface area contributed by atoms with E-state index in [2.05, 4.69) is 21.6 Å². The Bertz CT molecular complexity index is 777. The van der Waals surface area contributed by atoms with Crippen LogP contribution in [0.3, 0.4) is 0 Å². The third kappa shape index (κ3) is 3.82. The van der Waals surface area contributed by atoms with E-state index in [0.29, 0.717) is 12.0 Å². The number of benzene rings is 1. The molecule has 25 heavy (non-hydrogen) atoms. The summed E-state index contributed by atoms with van der Waals surface area (Å²) >= 11 is 0. The maximum absolute atomic E-state index is 12.6. The van der Waals surface area contributed by atoms with Gasteiger partial charge in [0.05, 0.1) is 23.4 Å². The lowest BCUT2D eigenvalue weighted by molar-refractivity contribution is -0.131. The van der Waals surface area contributed by atoms with Crippen LogP contribution in [0.2, 0.25) is 0 Å². The summed E-state index contributed by atoms with van der Waals surface area (Å²) < 4.78 is 0. The Hall–Kier alpha value is -2.81. The van der Waals surface area contributed by atoms with E-state index in [1.54, 1.807) is 0 Å². The second kappa shape index (κ2) is 7.39. The Morgan fingerprint density at radius 2 is 2.08 bits per heavy atom. The summed E-state index contributed by atoms with van der Waals surface area (Å²) in [6.07, 6.45) is 2.17. The third-order valence-corrected chi connectivity index (χ3v) is 4.86. The fourth-order valence-corrected chi connectivity index (χ4v) is 3.30. The summed E-state index contributed by atoms with van der Waals surface area (Å²) in [5.41, 5.74) is 4.41. The van der Waals surface area contributed by atoms with Crippen LogP contribution < -0.4 is 5.32 Å². The van der Waals surface area contributed by atoms with E-state index in [4.69, 9.17) is 0 Å². The van der Waals surface area contributed by atoms with Crippen LogP contribution in [0, 0.1) is 25.2 Å². The molecule has 0 atom stereocenters. The minimum atomic E-state index is 0.156. The van der Waals surface area contributed by atoms with E-state index in [1.807, 2.05) is 43.0 Å². The van der Waals surface area contributed by atoms with Crippen molar-refractivity contribution in [2.24, 2.45) is 0 Å². The zero-order valence-corrected chi connectivity index (χ0v) is 14.7. The summed E-state index contributed by atoms with van der Waals surface area (Å²) in [4.78, 5) is 14.5. The van der Waals surface area contributed by atoms with Gasteiger partial charge >= 0.3 is 0 Å². The van der Waals surface area contributed by atoms with E-state index in [-0.39, 0.29) is 11.9 Å². The Morgan fingerprint density at radius 3 is 2.72 bits per heavy atom. The number of hydrogen-bond donors (Lipinski definition) is 2. The molecule has 0 saturated carbocycles. The fraction of sp³-hybridized carbons (Fsp3) is 0.421. The predicted octanol–water partition coefficient (Wildman–Crippen LogP) is 2.54. The van der Waals surface area contributed by atoms with Gasteiger partial charge in [0.25, 0.3) is 0 Å². The summed E-state index contributed by atoms with van der Waals surface area (Å²) in [6, 6.07) is 10.0. The van der Waals surface area contributed by atoms with Crippen molar-refractivity contribution < 1.29 is 4.79 Å². The smallest absolute Gasteiger partial charge is 0.227 e. The Labute approximate surface area is 147 Å². The molecule has 0 bridgehead atoms. The minimum absolute atomic E-state index is 0.156. The van der Waals surface area contributed by atoms with E-state index >= 15 is 0 Å². The number of amides is 1. The molecule has 0 aliphatic carbocycles. The number of anilines is 1. The standard InChI is InChI=1S/C19H23N5O/c1-13-17(14(2)23-22-13)11-19(25)24-9-7-16(8-10-24)21-18-6-4-3-5-15(18)12-20/h3-6,16,21H,7-11H2,1-2H3,(H,22,23). The average Bonchev–Trinajstić information content (AvgIpc) is 2.94. The molecular formula is C19H23N5O. The van der Waals surface area contributed by atoms with Gasteiger partial charge in [-0.1, -0.05) is 12.1 Å². The number of likely N-dealkylation sites (tertiary alicyclic amines) is 1. The van der Waals surface area contributed by atoms with Crippen LogP contribution in [-0.4, -0.2) is 40.1 Å². The number of aromatic amines is 1. The number of piperidine rings is 1. The Kier molecular flexibility index (Phi) is 5.03. The lowest BCUT2D eigenvalue weighted by atomic mass is 10.0. The van der Waals surface area contributed by atoms with Crippen molar-refractivity contribution >= 4 is 11.6 Å². The van der Waals surface area contributed by atoms with Gasteiger partial charge in [0.15, 0.2) is 0 Å². The number of nitriles is 1. The number of rotatable bonds is 4. The van der Waals surface area contributed by atoms with Gasteiger partial charge in [-0.3, -0.25) is 9.89 Å². The molecule has 2 N–H and O–H groups in total. The van der Waals surface area contributed by atoms with Crippen LogP contribution in [0.5, 0.6) is 0 Å². The van der Waals surface area contributed by atoms with Gasteiger partial charge in [-0.15, -0.1) is 0 Å². The molecule has 1 amide bonds. The topological polar surface area (TPSA) is 84.8 Å². The van der Waals surface area contributed by atoms with Gasteiger partial charge in [0.2, 0.25) is 5.91 Å². The summed E-state index contributed by atoms with van der Waals surface area (Å²) in [6.45, 7) is 5.35. The van der Waals surface area contributed by atoms with Crippen molar-refractivity contribution in [3.05, 3.63) is 46.8 Å². The molecule has 1 fully saturated rings. The Balaban J connectivity index is 1.55. The lowest BCUT2D eigenvalue weighted by Gasteiger charge is -2.33. The number of nitrogens with one attached hydrogen (secondary N) is 2. The van der Waals surface area contributed by atoms with Gasteiger partial charge < -0.3 is 10.2 Å². The van der Waals surface area contributed by atoms with Crippen LogP contribution in [0.15, 0.2) is 24.3 Å². The SMILES string of the molecule is Cc1n[nH]c(C)c1CC(=O)N1CCC(Nc2ccccc2C#N)CC1. The molecule has 0 radical (unpaired) electrons. The van der Waals surface area contributed by atoms with Crippen molar-refractivity contribution in [3.63, 3.8) is 0 Å². The highest BCUT2D eigenvalue weighted by Gasteiger charge is 2.24. The van der Waals surface area contributed by atoms with Gasteiger partial charge in [0, 0.05) is 30.4 Å². The van der Waals surface area contributed by atoms with E-state index < -0.39 is 0 Å². The van der Waals surface area contributed by atoms with Gasteiger partial charge in [-0.2, -0.15) is 10.4 Å². The van der Waals surface area contributed by atoms with E-state index in [1.165, 1.54) is 0 Å².